The smallest absolute Gasteiger partial charge is 0.123 e. The third-order valence-electron chi connectivity index (χ3n) is 3.68. The van der Waals surface area contributed by atoms with Crippen LogP contribution in [0.2, 0.25) is 0 Å². The van der Waals surface area contributed by atoms with Crippen LogP contribution in [0.5, 0.6) is 0 Å². The monoisotopic (exact) mass is 311 g/mol. The van der Waals surface area contributed by atoms with E-state index in [1.165, 1.54) is 12.1 Å². The second kappa shape index (κ2) is 7.17. The number of aromatic nitrogens is 2. The summed E-state index contributed by atoms with van der Waals surface area (Å²) in [6, 6.07) is 10.4. The fraction of sp³-hybridized carbons (Fsp3) is 0.167. The van der Waals surface area contributed by atoms with Gasteiger partial charge in [0.25, 0.3) is 0 Å². The van der Waals surface area contributed by atoms with Gasteiger partial charge >= 0.3 is 0 Å². The van der Waals surface area contributed by atoms with Crippen molar-refractivity contribution in [1.29, 1.82) is 0 Å². The number of pyridine rings is 1. The van der Waals surface area contributed by atoms with Crippen LogP contribution in [0.3, 0.4) is 0 Å². The Hall–Kier alpha value is -2.50. The van der Waals surface area contributed by atoms with Gasteiger partial charge in [0, 0.05) is 48.5 Å². The summed E-state index contributed by atoms with van der Waals surface area (Å²) in [6.07, 6.45) is 5.43. The number of benzene rings is 1. The zero-order valence-corrected chi connectivity index (χ0v) is 12.6. The largest absolute Gasteiger partial charge is 0.395 e. The molecule has 0 amide bonds. The van der Waals surface area contributed by atoms with E-state index in [1.807, 2.05) is 18.3 Å². The lowest BCUT2D eigenvalue weighted by atomic mass is 9.97. The highest BCUT2D eigenvalue weighted by Crippen LogP contribution is 2.34. The lowest BCUT2D eigenvalue weighted by Gasteiger charge is -2.09. The average molecular weight is 311 g/mol. The molecule has 0 atom stereocenters. The molecule has 0 saturated heterocycles. The minimum Gasteiger partial charge on any atom is -0.395 e. The van der Waals surface area contributed by atoms with E-state index in [9.17, 15) is 4.39 Å². The van der Waals surface area contributed by atoms with Crippen molar-refractivity contribution in [2.75, 3.05) is 13.2 Å². The number of aliphatic hydroxyl groups excluding tert-OH is 1. The number of hydrogen-bond acceptors (Lipinski definition) is 3. The summed E-state index contributed by atoms with van der Waals surface area (Å²) in [5.41, 5.74) is 5.08. The highest BCUT2D eigenvalue weighted by atomic mass is 19.1. The zero-order chi connectivity index (χ0) is 16.1. The van der Waals surface area contributed by atoms with Crippen LogP contribution in [0.1, 0.15) is 5.69 Å². The molecule has 0 bridgehead atoms. The first-order valence-corrected chi connectivity index (χ1v) is 7.48. The third kappa shape index (κ3) is 3.47. The Bertz CT molecular complexity index is 754. The molecule has 1 aromatic carbocycles. The number of nitrogens with zero attached hydrogens (tertiary/aromatic N) is 1. The van der Waals surface area contributed by atoms with Crippen LogP contribution in [0.15, 0.2) is 55.0 Å². The van der Waals surface area contributed by atoms with E-state index < -0.39 is 0 Å². The fourth-order valence-electron chi connectivity index (χ4n) is 2.60. The minimum absolute atomic E-state index is 0.0934. The summed E-state index contributed by atoms with van der Waals surface area (Å²) in [4.78, 5) is 7.35. The van der Waals surface area contributed by atoms with Gasteiger partial charge in [0.05, 0.1) is 6.61 Å². The van der Waals surface area contributed by atoms with Gasteiger partial charge in [0.1, 0.15) is 5.82 Å². The van der Waals surface area contributed by atoms with Gasteiger partial charge in [-0.05, 0) is 35.4 Å². The molecule has 0 spiro atoms. The van der Waals surface area contributed by atoms with Crippen molar-refractivity contribution in [2.24, 2.45) is 0 Å². The van der Waals surface area contributed by atoms with Crippen LogP contribution in [-0.2, 0) is 6.54 Å². The van der Waals surface area contributed by atoms with Crippen molar-refractivity contribution in [3.63, 3.8) is 0 Å². The van der Waals surface area contributed by atoms with Crippen LogP contribution in [0.25, 0.3) is 22.3 Å². The SMILES string of the molecule is OCCNCc1[nH]cc(-c2ccc(F)cc2)c1-c1ccncc1. The Kier molecular flexibility index (Phi) is 4.80. The lowest BCUT2D eigenvalue weighted by Crippen LogP contribution is -2.18. The van der Waals surface area contributed by atoms with Crippen molar-refractivity contribution < 1.29 is 9.50 Å². The Morgan fingerprint density at radius 1 is 1.04 bits per heavy atom. The Balaban J connectivity index is 2.04. The van der Waals surface area contributed by atoms with Gasteiger partial charge in [0.15, 0.2) is 0 Å². The number of H-pyrrole nitrogens is 1. The van der Waals surface area contributed by atoms with E-state index >= 15 is 0 Å². The third-order valence-corrected chi connectivity index (χ3v) is 3.68. The maximum absolute atomic E-state index is 13.2. The first-order chi connectivity index (χ1) is 11.3. The quantitative estimate of drug-likeness (QED) is 0.613. The molecular weight excluding hydrogens is 293 g/mol. The van der Waals surface area contributed by atoms with Crippen LogP contribution in [-0.4, -0.2) is 28.2 Å². The highest BCUT2D eigenvalue weighted by Gasteiger charge is 2.14. The number of aromatic amines is 1. The molecule has 23 heavy (non-hydrogen) atoms. The molecular formula is C18H18FN3O. The van der Waals surface area contributed by atoms with E-state index in [-0.39, 0.29) is 12.4 Å². The van der Waals surface area contributed by atoms with E-state index in [0.717, 1.165) is 27.9 Å². The molecule has 0 aliphatic rings. The standard InChI is InChI=1S/C18H18FN3O/c19-15-3-1-13(2-4-15)16-11-22-17(12-21-9-10-23)18(16)14-5-7-20-8-6-14/h1-8,11,21-23H,9-10,12H2. The van der Waals surface area contributed by atoms with Crippen molar-refractivity contribution in [3.8, 4) is 22.3 Å². The molecule has 0 unspecified atom stereocenters. The Morgan fingerprint density at radius 3 is 2.48 bits per heavy atom. The molecule has 4 nitrogen and oxygen atoms in total. The second-order valence-electron chi connectivity index (χ2n) is 5.20. The van der Waals surface area contributed by atoms with Crippen molar-refractivity contribution in [2.45, 2.75) is 6.54 Å². The molecule has 2 heterocycles. The summed E-state index contributed by atoms with van der Waals surface area (Å²) in [6.45, 7) is 1.23. The summed E-state index contributed by atoms with van der Waals surface area (Å²) >= 11 is 0. The first-order valence-electron chi connectivity index (χ1n) is 7.48. The zero-order valence-electron chi connectivity index (χ0n) is 12.6. The number of halogens is 1. The summed E-state index contributed by atoms with van der Waals surface area (Å²) in [5, 5.41) is 12.1. The molecule has 0 aliphatic heterocycles. The van der Waals surface area contributed by atoms with E-state index in [4.69, 9.17) is 5.11 Å². The molecule has 0 aliphatic carbocycles. The molecule has 3 aromatic rings. The molecule has 3 N–H and O–H groups in total. The number of rotatable bonds is 6. The van der Waals surface area contributed by atoms with Crippen molar-refractivity contribution in [1.82, 2.24) is 15.3 Å². The van der Waals surface area contributed by atoms with Gasteiger partial charge < -0.3 is 15.4 Å². The van der Waals surface area contributed by atoms with Crippen LogP contribution >= 0.6 is 0 Å². The Labute approximate surface area is 134 Å². The predicted molar refractivity (Wildman–Crippen MR) is 88.2 cm³/mol. The number of hydrogen-bond donors (Lipinski definition) is 3. The topological polar surface area (TPSA) is 60.9 Å². The van der Waals surface area contributed by atoms with Crippen LogP contribution < -0.4 is 5.32 Å². The molecule has 2 aromatic heterocycles. The van der Waals surface area contributed by atoms with Crippen molar-refractivity contribution in [3.05, 3.63) is 66.5 Å². The molecule has 0 radical (unpaired) electrons. The maximum atomic E-state index is 13.2. The van der Waals surface area contributed by atoms with E-state index in [2.05, 4.69) is 15.3 Å². The first kappa shape index (κ1) is 15.4. The number of aliphatic hydroxyl groups is 1. The molecule has 0 fully saturated rings. The molecule has 3 rings (SSSR count). The maximum Gasteiger partial charge on any atom is 0.123 e. The molecule has 118 valence electrons. The second-order valence-corrected chi connectivity index (χ2v) is 5.20. The van der Waals surface area contributed by atoms with Gasteiger partial charge in [0.2, 0.25) is 0 Å². The Morgan fingerprint density at radius 2 is 1.78 bits per heavy atom. The van der Waals surface area contributed by atoms with Gasteiger partial charge in [-0.1, -0.05) is 12.1 Å². The van der Waals surface area contributed by atoms with Gasteiger partial charge in [-0.25, -0.2) is 4.39 Å². The normalized spacial score (nSPS) is 10.9. The van der Waals surface area contributed by atoms with Crippen LogP contribution in [0.4, 0.5) is 4.39 Å². The van der Waals surface area contributed by atoms with Crippen LogP contribution in [0, 0.1) is 5.82 Å². The lowest BCUT2D eigenvalue weighted by molar-refractivity contribution is 0.292. The fourth-order valence-corrected chi connectivity index (χ4v) is 2.60. The average Bonchev–Trinajstić information content (AvgIpc) is 3.00. The predicted octanol–water partition coefficient (Wildman–Crippen LogP) is 2.96. The summed E-state index contributed by atoms with van der Waals surface area (Å²) in [5.74, 6) is -0.250. The van der Waals surface area contributed by atoms with Gasteiger partial charge in [-0.3, -0.25) is 4.98 Å². The summed E-state index contributed by atoms with van der Waals surface area (Å²) in [7, 11) is 0. The van der Waals surface area contributed by atoms with Gasteiger partial charge in [-0.15, -0.1) is 0 Å². The highest BCUT2D eigenvalue weighted by molar-refractivity contribution is 5.85. The van der Waals surface area contributed by atoms with Gasteiger partial charge in [-0.2, -0.15) is 0 Å². The summed E-state index contributed by atoms with van der Waals surface area (Å²) < 4.78 is 13.2. The minimum atomic E-state index is -0.250. The molecule has 5 heteroatoms. The molecule has 0 saturated carbocycles. The van der Waals surface area contributed by atoms with E-state index in [1.54, 1.807) is 24.5 Å². The van der Waals surface area contributed by atoms with E-state index in [0.29, 0.717) is 13.1 Å². The number of nitrogens with one attached hydrogen (secondary N) is 2. The van der Waals surface area contributed by atoms with Crippen molar-refractivity contribution >= 4 is 0 Å².